The molecule has 0 bridgehead atoms. The SMILES string of the molecule is Cc1ccc(CC(=O)N2CCC(F)(C(=O)O)C2)cn1. The number of carbonyl (C=O) groups excluding carboxylic acids is 1. The van der Waals surface area contributed by atoms with Gasteiger partial charge in [-0.3, -0.25) is 9.78 Å². The fourth-order valence-electron chi connectivity index (χ4n) is 2.05. The topological polar surface area (TPSA) is 70.5 Å². The summed E-state index contributed by atoms with van der Waals surface area (Å²) in [6, 6.07) is 3.58. The molecule has 1 fully saturated rings. The number of carboxylic acid groups (broad SMARTS) is 1. The van der Waals surface area contributed by atoms with Crippen LogP contribution in [-0.2, 0) is 16.0 Å². The van der Waals surface area contributed by atoms with E-state index >= 15 is 0 Å². The molecule has 0 aliphatic carbocycles. The fraction of sp³-hybridized carbons (Fsp3) is 0.462. The molecule has 1 aliphatic heterocycles. The molecular formula is C13H15FN2O3. The second kappa shape index (κ2) is 4.95. The van der Waals surface area contributed by atoms with Crippen molar-refractivity contribution in [1.82, 2.24) is 9.88 Å². The minimum Gasteiger partial charge on any atom is -0.479 e. The first-order valence-corrected chi connectivity index (χ1v) is 6.02. The highest BCUT2D eigenvalue weighted by molar-refractivity contribution is 5.83. The van der Waals surface area contributed by atoms with Crippen LogP contribution in [0, 0.1) is 6.92 Å². The number of halogens is 1. The van der Waals surface area contributed by atoms with Crippen LogP contribution in [0.15, 0.2) is 18.3 Å². The number of carbonyl (C=O) groups is 2. The van der Waals surface area contributed by atoms with Crippen molar-refractivity contribution in [3.05, 3.63) is 29.6 Å². The van der Waals surface area contributed by atoms with Gasteiger partial charge in [0.2, 0.25) is 11.6 Å². The predicted molar refractivity (Wildman–Crippen MR) is 65.3 cm³/mol. The van der Waals surface area contributed by atoms with Gasteiger partial charge in [-0.2, -0.15) is 0 Å². The molecule has 0 saturated carbocycles. The smallest absolute Gasteiger partial charge is 0.343 e. The number of nitrogens with zero attached hydrogens (tertiary/aromatic N) is 2. The van der Waals surface area contributed by atoms with Crippen molar-refractivity contribution in [3.63, 3.8) is 0 Å². The van der Waals surface area contributed by atoms with Crippen LogP contribution in [0.25, 0.3) is 0 Å². The normalized spacial score (nSPS) is 22.5. The Morgan fingerprint density at radius 3 is 2.79 bits per heavy atom. The average Bonchev–Trinajstić information content (AvgIpc) is 2.76. The second-order valence-electron chi connectivity index (χ2n) is 4.82. The lowest BCUT2D eigenvalue weighted by atomic mass is 10.1. The van der Waals surface area contributed by atoms with Crippen molar-refractivity contribution in [3.8, 4) is 0 Å². The van der Waals surface area contributed by atoms with Crippen LogP contribution in [0.5, 0.6) is 0 Å². The standard InChI is InChI=1S/C13H15FN2O3/c1-9-2-3-10(7-15-9)6-11(17)16-5-4-13(14,8-16)12(18)19/h2-3,7H,4-6,8H2,1H3,(H,18,19). The number of pyridine rings is 1. The average molecular weight is 266 g/mol. The van der Waals surface area contributed by atoms with E-state index in [1.165, 1.54) is 4.90 Å². The van der Waals surface area contributed by atoms with Crippen LogP contribution < -0.4 is 0 Å². The van der Waals surface area contributed by atoms with E-state index in [1.54, 1.807) is 18.3 Å². The van der Waals surface area contributed by atoms with Crippen LogP contribution in [0.4, 0.5) is 4.39 Å². The van der Waals surface area contributed by atoms with Crippen LogP contribution in [-0.4, -0.2) is 45.6 Å². The molecule has 0 radical (unpaired) electrons. The molecule has 1 N–H and O–H groups in total. The molecule has 1 aliphatic rings. The Kier molecular flexibility index (Phi) is 3.50. The van der Waals surface area contributed by atoms with Gasteiger partial charge in [0, 0.05) is 24.9 Å². The number of aliphatic carboxylic acids is 1. The number of carboxylic acids is 1. The van der Waals surface area contributed by atoms with E-state index in [-0.39, 0.29) is 31.8 Å². The summed E-state index contributed by atoms with van der Waals surface area (Å²) >= 11 is 0. The lowest BCUT2D eigenvalue weighted by Gasteiger charge is -2.17. The van der Waals surface area contributed by atoms with Gasteiger partial charge in [-0.25, -0.2) is 9.18 Å². The first kappa shape index (κ1) is 13.5. The molecule has 2 rings (SSSR count). The monoisotopic (exact) mass is 266 g/mol. The number of hydrogen-bond donors (Lipinski definition) is 1. The van der Waals surface area contributed by atoms with E-state index in [9.17, 15) is 14.0 Å². The van der Waals surface area contributed by atoms with E-state index in [4.69, 9.17) is 5.11 Å². The minimum atomic E-state index is -2.30. The first-order chi connectivity index (χ1) is 8.90. The van der Waals surface area contributed by atoms with Gasteiger partial charge >= 0.3 is 5.97 Å². The lowest BCUT2D eigenvalue weighted by molar-refractivity contribution is -0.150. The number of likely N-dealkylation sites (tertiary alicyclic amines) is 1. The Hall–Kier alpha value is -1.98. The highest BCUT2D eigenvalue weighted by atomic mass is 19.1. The molecule has 1 saturated heterocycles. The molecule has 5 nitrogen and oxygen atoms in total. The van der Waals surface area contributed by atoms with Crippen molar-refractivity contribution in [1.29, 1.82) is 0 Å². The van der Waals surface area contributed by atoms with E-state index in [0.717, 1.165) is 11.3 Å². The molecule has 1 unspecified atom stereocenters. The van der Waals surface area contributed by atoms with E-state index < -0.39 is 11.6 Å². The summed E-state index contributed by atoms with van der Waals surface area (Å²) in [5.74, 6) is -1.77. The van der Waals surface area contributed by atoms with Gasteiger partial charge in [0.15, 0.2) is 0 Å². The van der Waals surface area contributed by atoms with Crippen molar-refractivity contribution in [2.24, 2.45) is 0 Å². The zero-order valence-corrected chi connectivity index (χ0v) is 10.6. The molecule has 1 aromatic rings. The summed E-state index contributed by atoms with van der Waals surface area (Å²) in [5.41, 5.74) is -0.713. The quantitative estimate of drug-likeness (QED) is 0.884. The van der Waals surface area contributed by atoms with Gasteiger partial charge in [0.1, 0.15) is 0 Å². The molecule has 102 valence electrons. The summed E-state index contributed by atoms with van der Waals surface area (Å²) in [6.45, 7) is 1.61. The first-order valence-electron chi connectivity index (χ1n) is 6.02. The highest BCUT2D eigenvalue weighted by Gasteiger charge is 2.46. The number of rotatable bonds is 3. The maximum Gasteiger partial charge on any atom is 0.343 e. The van der Waals surface area contributed by atoms with Crippen LogP contribution in [0.3, 0.4) is 0 Å². The number of hydrogen-bond acceptors (Lipinski definition) is 3. The van der Waals surface area contributed by atoms with E-state index in [2.05, 4.69) is 4.98 Å². The third-order valence-corrected chi connectivity index (χ3v) is 3.28. The molecule has 1 atom stereocenters. The number of amides is 1. The molecule has 0 spiro atoms. The maximum atomic E-state index is 13.8. The van der Waals surface area contributed by atoms with Crippen LogP contribution in [0.1, 0.15) is 17.7 Å². The number of aromatic nitrogens is 1. The summed E-state index contributed by atoms with van der Waals surface area (Å²) in [5, 5.41) is 8.77. The zero-order chi connectivity index (χ0) is 14.0. The molecule has 0 aromatic carbocycles. The minimum absolute atomic E-state index is 0.114. The molecule has 6 heteroatoms. The third kappa shape index (κ3) is 2.89. The van der Waals surface area contributed by atoms with Crippen molar-refractivity contribution >= 4 is 11.9 Å². The molecule has 19 heavy (non-hydrogen) atoms. The number of aryl methyl sites for hydroxylation is 1. The molecule has 1 aromatic heterocycles. The lowest BCUT2D eigenvalue weighted by Crippen LogP contribution is -2.39. The van der Waals surface area contributed by atoms with Crippen molar-refractivity contribution in [2.45, 2.75) is 25.4 Å². The van der Waals surface area contributed by atoms with E-state index in [1.807, 2.05) is 6.92 Å². The van der Waals surface area contributed by atoms with Gasteiger partial charge in [0.25, 0.3) is 0 Å². The number of alkyl halides is 1. The summed E-state index contributed by atoms with van der Waals surface area (Å²) in [7, 11) is 0. The van der Waals surface area contributed by atoms with E-state index in [0.29, 0.717) is 0 Å². The Bertz CT molecular complexity index is 503. The van der Waals surface area contributed by atoms with Crippen LogP contribution >= 0.6 is 0 Å². The Balaban J connectivity index is 1.98. The van der Waals surface area contributed by atoms with Gasteiger partial charge < -0.3 is 10.0 Å². The molecule has 2 heterocycles. The zero-order valence-electron chi connectivity index (χ0n) is 10.6. The molecule has 1 amide bonds. The summed E-state index contributed by atoms with van der Waals surface area (Å²) in [4.78, 5) is 28.0. The Morgan fingerprint density at radius 2 is 2.26 bits per heavy atom. The van der Waals surface area contributed by atoms with Gasteiger partial charge in [-0.1, -0.05) is 6.07 Å². The molecular weight excluding hydrogens is 251 g/mol. The highest BCUT2D eigenvalue weighted by Crippen LogP contribution is 2.26. The van der Waals surface area contributed by atoms with Crippen molar-refractivity contribution in [2.75, 3.05) is 13.1 Å². The maximum absolute atomic E-state index is 13.8. The third-order valence-electron chi connectivity index (χ3n) is 3.28. The largest absolute Gasteiger partial charge is 0.479 e. The Morgan fingerprint density at radius 1 is 1.53 bits per heavy atom. The van der Waals surface area contributed by atoms with Crippen molar-refractivity contribution < 1.29 is 19.1 Å². The predicted octanol–water partition coefficient (Wildman–Crippen LogP) is 0.958. The summed E-state index contributed by atoms with van der Waals surface area (Å²) < 4.78 is 13.8. The Labute approximate surface area is 110 Å². The fourth-order valence-corrected chi connectivity index (χ4v) is 2.05. The summed E-state index contributed by atoms with van der Waals surface area (Å²) in [6.07, 6.45) is 1.56. The van der Waals surface area contributed by atoms with Gasteiger partial charge in [-0.15, -0.1) is 0 Å². The van der Waals surface area contributed by atoms with Gasteiger partial charge in [-0.05, 0) is 18.6 Å². The van der Waals surface area contributed by atoms with Gasteiger partial charge in [0.05, 0.1) is 13.0 Å². The second-order valence-corrected chi connectivity index (χ2v) is 4.82. The van der Waals surface area contributed by atoms with Crippen LogP contribution in [0.2, 0.25) is 0 Å².